The summed E-state index contributed by atoms with van der Waals surface area (Å²) in [6, 6.07) is 9.27. The number of nitrogen functional groups attached to an aromatic ring is 1. The standard InChI is InChI=1S/C10H8BrN3O/c11-7-2-1-3-8(6-7)15-10-13-5-4-9(12)14-10/h1-6H,(H2,12,13,14). The molecule has 4 nitrogen and oxygen atoms in total. The molecule has 0 amide bonds. The van der Waals surface area contributed by atoms with Crippen molar-refractivity contribution in [3.8, 4) is 11.8 Å². The first kappa shape index (κ1) is 9.92. The largest absolute Gasteiger partial charge is 0.424 e. The van der Waals surface area contributed by atoms with Gasteiger partial charge in [0.2, 0.25) is 0 Å². The summed E-state index contributed by atoms with van der Waals surface area (Å²) in [7, 11) is 0. The summed E-state index contributed by atoms with van der Waals surface area (Å²) in [6.07, 6.45) is 1.55. The van der Waals surface area contributed by atoms with Crippen LogP contribution in [0.3, 0.4) is 0 Å². The summed E-state index contributed by atoms with van der Waals surface area (Å²) in [5.74, 6) is 1.05. The van der Waals surface area contributed by atoms with Gasteiger partial charge in [0.25, 0.3) is 0 Å². The minimum absolute atomic E-state index is 0.244. The number of aromatic nitrogens is 2. The number of rotatable bonds is 2. The van der Waals surface area contributed by atoms with Crippen LogP contribution in [0.2, 0.25) is 0 Å². The number of halogens is 1. The van der Waals surface area contributed by atoms with E-state index in [0.717, 1.165) is 4.47 Å². The van der Waals surface area contributed by atoms with Crippen molar-refractivity contribution in [2.45, 2.75) is 0 Å². The molecule has 0 unspecified atom stereocenters. The molecule has 1 aromatic carbocycles. The lowest BCUT2D eigenvalue weighted by atomic mass is 10.3. The Labute approximate surface area is 95.2 Å². The summed E-state index contributed by atoms with van der Waals surface area (Å²) in [4.78, 5) is 7.86. The van der Waals surface area contributed by atoms with E-state index >= 15 is 0 Å². The molecule has 0 aliphatic carbocycles. The minimum Gasteiger partial charge on any atom is -0.424 e. The molecular weight excluding hydrogens is 258 g/mol. The van der Waals surface area contributed by atoms with Gasteiger partial charge >= 0.3 is 6.01 Å². The fourth-order valence-corrected chi connectivity index (χ4v) is 1.42. The maximum atomic E-state index is 5.50. The first-order chi connectivity index (χ1) is 7.24. The van der Waals surface area contributed by atoms with Gasteiger partial charge < -0.3 is 10.5 Å². The summed E-state index contributed by atoms with van der Waals surface area (Å²) in [5, 5.41) is 0. The Balaban J connectivity index is 2.22. The molecular formula is C10H8BrN3O. The average molecular weight is 266 g/mol. The Kier molecular flexibility index (Phi) is 2.82. The van der Waals surface area contributed by atoms with Crippen LogP contribution in [0.25, 0.3) is 0 Å². The number of hydrogen-bond donors (Lipinski definition) is 1. The van der Waals surface area contributed by atoms with Crippen molar-refractivity contribution >= 4 is 21.7 Å². The van der Waals surface area contributed by atoms with Crippen LogP contribution in [0.15, 0.2) is 41.0 Å². The van der Waals surface area contributed by atoms with Gasteiger partial charge in [0.15, 0.2) is 0 Å². The molecule has 0 aliphatic rings. The highest BCUT2D eigenvalue weighted by atomic mass is 79.9. The zero-order chi connectivity index (χ0) is 10.7. The van der Waals surface area contributed by atoms with Crippen LogP contribution in [0, 0.1) is 0 Å². The van der Waals surface area contributed by atoms with E-state index in [1.54, 1.807) is 12.3 Å². The predicted octanol–water partition coefficient (Wildman–Crippen LogP) is 2.61. The van der Waals surface area contributed by atoms with Crippen LogP contribution >= 0.6 is 15.9 Å². The van der Waals surface area contributed by atoms with Gasteiger partial charge in [-0.25, -0.2) is 4.98 Å². The molecule has 2 aromatic rings. The minimum atomic E-state index is 0.244. The quantitative estimate of drug-likeness (QED) is 0.907. The van der Waals surface area contributed by atoms with Crippen molar-refractivity contribution in [3.05, 3.63) is 41.0 Å². The normalized spacial score (nSPS) is 9.93. The van der Waals surface area contributed by atoms with Crippen molar-refractivity contribution in [2.75, 3.05) is 5.73 Å². The molecule has 0 aliphatic heterocycles. The highest BCUT2D eigenvalue weighted by molar-refractivity contribution is 9.10. The molecule has 1 heterocycles. The number of benzene rings is 1. The molecule has 0 spiro atoms. The summed E-state index contributed by atoms with van der Waals surface area (Å²) in [6.45, 7) is 0. The maximum Gasteiger partial charge on any atom is 0.323 e. The summed E-state index contributed by atoms with van der Waals surface area (Å²) in [5.41, 5.74) is 5.50. The van der Waals surface area contributed by atoms with E-state index < -0.39 is 0 Å². The third-order valence-corrected chi connectivity index (χ3v) is 2.15. The summed E-state index contributed by atoms with van der Waals surface area (Å²) >= 11 is 3.34. The lowest BCUT2D eigenvalue weighted by Crippen LogP contribution is -1.95. The van der Waals surface area contributed by atoms with Gasteiger partial charge in [0, 0.05) is 10.7 Å². The highest BCUT2D eigenvalue weighted by Gasteiger charge is 2.00. The molecule has 0 saturated heterocycles. The van der Waals surface area contributed by atoms with E-state index in [1.165, 1.54) is 0 Å². The number of anilines is 1. The van der Waals surface area contributed by atoms with Gasteiger partial charge in [-0.05, 0) is 24.3 Å². The number of nitrogens with two attached hydrogens (primary N) is 1. The molecule has 1 aromatic heterocycles. The van der Waals surface area contributed by atoms with Crippen LogP contribution in [-0.2, 0) is 0 Å². The molecule has 2 N–H and O–H groups in total. The van der Waals surface area contributed by atoms with Crippen molar-refractivity contribution in [2.24, 2.45) is 0 Å². The van der Waals surface area contributed by atoms with E-state index in [1.807, 2.05) is 24.3 Å². The van der Waals surface area contributed by atoms with E-state index in [2.05, 4.69) is 25.9 Å². The first-order valence-electron chi connectivity index (χ1n) is 4.26. The molecule has 0 fully saturated rings. The third kappa shape index (κ3) is 2.66. The van der Waals surface area contributed by atoms with Gasteiger partial charge in [-0.1, -0.05) is 22.0 Å². The zero-order valence-corrected chi connectivity index (χ0v) is 9.31. The van der Waals surface area contributed by atoms with Crippen molar-refractivity contribution in [3.63, 3.8) is 0 Å². The van der Waals surface area contributed by atoms with E-state index in [0.29, 0.717) is 11.6 Å². The Hall–Kier alpha value is -1.62. The van der Waals surface area contributed by atoms with Gasteiger partial charge in [-0.3, -0.25) is 0 Å². The highest BCUT2D eigenvalue weighted by Crippen LogP contribution is 2.21. The fraction of sp³-hybridized carbons (Fsp3) is 0. The third-order valence-electron chi connectivity index (χ3n) is 1.66. The van der Waals surface area contributed by atoms with Gasteiger partial charge in [-0.15, -0.1) is 0 Å². The molecule has 76 valence electrons. The van der Waals surface area contributed by atoms with Crippen molar-refractivity contribution in [1.82, 2.24) is 9.97 Å². The fourth-order valence-electron chi connectivity index (χ4n) is 1.04. The second-order valence-electron chi connectivity index (χ2n) is 2.82. The van der Waals surface area contributed by atoms with Crippen LogP contribution in [0.1, 0.15) is 0 Å². The predicted molar refractivity (Wildman–Crippen MR) is 60.7 cm³/mol. The topological polar surface area (TPSA) is 61.0 Å². The number of hydrogen-bond acceptors (Lipinski definition) is 4. The zero-order valence-electron chi connectivity index (χ0n) is 7.72. The molecule has 0 saturated carbocycles. The Morgan fingerprint density at radius 2 is 2.13 bits per heavy atom. The second-order valence-corrected chi connectivity index (χ2v) is 3.74. The lowest BCUT2D eigenvalue weighted by Gasteiger charge is -2.03. The van der Waals surface area contributed by atoms with Gasteiger partial charge in [0.1, 0.15) is 11.6 Å². The van der Waals surface area contributed by atoms with Crippen molar-refractivity contribution in [1.29, 1.82) is 0 Å². The molecule has 0 radical (unpaired) electrons. The van der Waals surface area contributed by atoms with Crippen LogP contribution in [0.4, 0.5) is 5.82 Å². The van der Waals surface area contributed by atoms with Crippen LogP contribution < -0.4 is 10.5 Å². The van der Waals surface area contributed by atoms with Crippen LogP contribution in [-0.4, -0.2) is 9.97 Å². The van der Waals surface area contributed by atoms with Crippen LogP contribution in [0.5, 0.6) is 11.8 Å². The van der Waals surface area contributed by atoms with E-state index in [4.69, 9.17) is 10.5 Å². The summed E-state index contributed by atoms with van der Waals surface area (Å²) < 4.78 is 6.34. The average Bonchev–Trinajstić information content (AvgIpc) is 2.17. The molecule has 0 atom stereocenters. The number of nitrogens with zero attached hydrogens (tertiary/aromatic N) is 2. The molecule has 5 heteroatoms. The monoisotopic (exact) mass is 265 g/mol. The maximum absolute atomic E-state index is 5.50. The van der Waals surface area contributed by atoms with E-state index in [-0.39, 0.29) is 6.01 Å². The molecule has 0 bridgehead atoms. The number of ether oxygens (including phenoxy) is 1. The SMILES string of the molecule is Nc1ccnc(Oc2cccc(Br)c2)n1. The van der Waals surface area contributed by atoms with E-state index in [9.17, 15) is 0 Å². The smallest absolute Gasteiger partial charge is 0.323 e. The Morgan fingerprint density at radius 1 is 1.27 bits per heavy atom. The Bertz CT molecular complexity index is 432. The van der Waals surface area contributed by atoms with Crippen molar-refractivity contribution < 1.29 is 4.74 Å². The molecule has 15 heavy (non-hydrogen) atoms. The van der Waals surface area contributed by atoms with Gasteiger partial charge in [0.05, 0.1) is 0 Å². The lowest BCUT2D eigenvalue weighted by molar-refractivity contribution is 0.442. The Morgan fingerprint density at radius 3 is 2.87 bits per heavy atom. The first-order valence-corrected chi connectivity index (χ1v) is 5.05. The second kappa shape index (κ2) is 4.27. The molecule has 2 rings (SSSR count). The van der Waals surface area contributed by atoms with Gasteiger partial charge in [-0.2, -0.15) is 4.98 Å².